The third kappa shape index (κ3) is 7.03. The largest absolute Gasteiger partial charge is 0.494 e. The van der Waals surface area contributed by atoms with Gasteiger partial charge >= 0.3 is 0 Å². The molecular formula is C20H26N2O4S. The highest BCUT2D eigenvalue weighted by Crippen LogP contribution is 2.15. The fourth-order valence-electron chi connectivity index (χ4n) is 2.30. The van der Waals surface area contributed by atoms with Crippen LogP contribution in [0, 0.1) is 0 Å². The molecule has 2 aromatic rings. The van der Waals surface area contributed by atoms with Gasteiger partial charge in [-0.3, -0.25) is 4.79 Å². The lowest BCUT2D eigenvalue weighted by molar-refractivity contribution is -0.116. The standard InChI is InChI=1S/C20H26N2O4S/c1-3-16(2)22-27(24,25)19-13-11-17(12-14-19)21-20(23)10-7-15-26-18-8-5-4-6-9-18/h4-6,8-9,11-14,16,22H,3,7,10,15H2,1-2H3,(H,21,23)/t16-/m0/s1. The third-order valence-electron chi connectivity index (χ3n) is 3.98. The van der Waals surface area contributed by atoms with Gasteiger partial charge in [-0.15, -0.1) is 0 Å². The monoisotopic (exact) mass is 390 g/mol. The molecule has 0 aliphatic carbocycles. The molecule has 2 rings (SSSR count). The minimum atomic E-state index is -3.54. The summed E-state index contributed by atoms with van der Waals surface area (Å²) in [6.45, 7) is 4.18. The van der Waals surface area contributed by atoms with Crippen molar-refractivity contribution in [1.82, 2.24) is 4.72 Å². The topological polar surface area (TPSA) is 84.5 Å². The molecule has 0 fully saturated rings. The molecular weight excluding hydrogens is 364 g/mol. The first-order chi connectivity index (χ1) is 12.9. The van der Waals surface area contributed by atoms with Crippen molar-refractivity contribution in [3.05, 3.63) is 54.6 Å². The highest BCUT2D eigenvalue weighted by atomic mass is 32.2. The predicted octanol–water partition coefficient (Wildman–Crippen LogP) is 3.56. The van der Waals surface area contributed by atoms with Crippen molar-refractivity contribution in [3.63, 3.8) is 0 Å². The molecule has 0 saturated carbocycles. The fraction of sp³-hybridized carbons (Fsp3) is 0.350. The number of hydrogen-bond donors (Lipinski definition) is 2. The highest BCUT2D eigenvalue weighted by Gasteiger charge is 2.16. The van der Waals surface area contributed by atoms with Gasteiger partial charge in [-0.05, 0) is 56.2 Å². The number of nitrogens with one attached hydrogen (secondary N) is 2. The number of amides is 1. The summed E-state index contributed by atoms with van der Waals surface area (Å²) >= 11 is 0. The molecule has 6 nitrogen and oxygen atoms in total. The number of ether oxygens (including phenoxy) is 1. The number of hydrogen-bond acceptors (Lipinski definition) is 4. The fourth-order valence-corrected chi connectivity index (χ4v) is 3.62. The van der Waals surface area contributed by atoms with E-state index in [-0.39, 0.29) is 16.8 Å². The lowest BCUT2D eigenvalue weighted by Crippen LogP contribution is -2.31. The van der Waals surface area contributed by atoms with Gasteiger partial charge in [0.25, 0.3) is 0 Å². The molecule has 0 aromatic heterocycles. The van der Waals surface area contributed by atoms with Crippen molar-refractivity contribution in [1.29, 1.82) is 0 Å². The Hall–Kier alpha value is -2.38. The summed E-state index contributed by atoms with van der Waals surface area (Å²) in [7, 11) is -3.54. The van der Waals surface area contributed by atoms with Crippen LogP contribution in [0.3, 0.4) is 0 Å². The van der Waals surface area contributed by atoms with Gasteiger partial charge in [0.05, 0.1) is 11.5 Å². The van der Waals surface area contributed by atoms with Gasteiger partial charge in [-0.25, -0.2) is 13.1 Å². The maximum absolute atomic E-state index is 12.2. The van der Waals surface area contributed by atoms with Crippen LogP contribution in [0.25, 0.3) is 0 Å². The molecule has 2 N–H and O–H groups in total. The van der Waals surface area contributed by atoms with E-state index in [2.05, 4.69) is 10.0 Å². The number of carbonyl (C=O) groups excluding carboxylic acids is 1. The van der Waals surface area contributed by atoms with Crippen LogP contribution >= 0.6 is 0 Å². The van der Waals surface area contributed by atoms with E-state index in [0.29, 0.717) is 31.6 Å². The van der Waals surface area contributed by atoms with E-state index in [1.807, 2.05) is 44.2 Å². The molecule has 0 saturated heterocycles. The zero-order valence-corrected chi connectivity index (χ0v) is 16.5. The Kier molecular flexibility index (Phi) is 7.82. The van der Waals surface area contributed by atoms with Crippen molar-refractivity contribution >= 4 is 21.6 Å². The summed E-state index contributed by atoms with van der Waals surface area (Å²) in [5.74, 6) is 0.640. The normalized spacial score (nSPS) is 12.4. The van der Waals surface area contributed by atoms with E-state index >= 15 is 0 Å². The highest BCUT2D eigenvalue weighted by molar-refractivity contribution is 7.89. The molecule has 0 heterocycles. The summed E-state index contributed by atoms with van der Waals surface area (Å²) in [6.07, 6.45) is 1.62. The van der Waals surface area contributed by atoms with E-state index in [1.165, 1.54) is 12.1 Å². The van der Waals surface area contributed by atoms with Crippen molar-refractivity contribution < 1.29 is 17.9 Å². The van der Waals surface area contributed by atoms with Crippen molar-refractivity contribution in [2.75, 3.05) is 11.9 Å². The zero-order chi connectivity index (χ0) is 19.7. The minimum absolute atomic E-state index is 0.132. The zero-order valence-electron chi connectivity index (χ0n) is 15.6. The summed E-state index contributed by atoms with van der Waals surface area (Å²) < 4.78 is 32.6. The van der Waals surface area contributed by atoms with Crippen LogP contribution in [-0.2, 0) is 14.8 Å². The third-order valence-corrected chi connectivity index (χ3v) is 5.58. The smallest absolute Gasteiger partial charge is 0.240 e. The van der Waals surface area contributed by atoms with Crippen LogP contribution in [0.1, 0.15) is 33.1 Å². The van der Waals surface area contributed by atoms with Crippen molar-refractivity contribution in [3.8, 4) is 5.75 Å². The number of rotatable bonds is 10. The first-order valence-corrected chi connectivity index (χ1v) is 10.5. The Morgan fingerprint density at radius 3 is 2.37 bits per heavy atom. The number of anilines is 1. The van der Waals surface area contributed by atoms with Crippen molar-refractivity contribution in [2.24, 2.45) is 0 Å². The van der Waals surface area contributed by atoms with Gasteiger partial charge in [-0.2, -0.15) is 0 Å². The van der Waals surface area contributed by atoms with E-state index in [0.717, 1.165) is 5.75 Å². The van der Waals surface area contributed by atoms with Crippen molar-refractivity contribution in [2.45, 2.75) is 44.0 Å². The number of sulfonamides is 1. The quantitative estimate of drug-likeness (QED) is 0.608. The Morgan fingerprint density at radius 1 is 1.07 bits per heavy atom. The van der Waals surface area contributed by atoms with Gasteiger partial charge in [0.1, 0.15) is 5.75 Å². The molecule has 7 heteroatoms. The van der Waals surface area contributed by atoms with Gasteiger partial charge in [0.2, 0.25) is 15.9 Å². The molecule has 27 heavy (non-hydrogen) atoms. The average Bonchev–Trinajstić information content (AvgIpc) is 2.66. The Balaban J connectivity index is 1.79. The van der Waals surface area contributed by atoms with E-state index < -0.39 is 10.0 Å². The molecule has 0 aliphatic heterocycles. The van der Waals surface area contributed by atoms with E-state index in [1.54, 1.807) is 12.1 Å². The second-order valence-corrected chi connectivity index (χ2v) is 7.98. The second-order valence-electron chi connectivity index (χ2n) is 6.27. The van der Waals surface area contributed by atoms with Crippen LogP contribution in [0.15, 0.2) is 59.5 Å². The molecule has 146 valence electrons. The summed E-state index contributed by atoms with van der Waals surface area (Å²) in [5.41, 5.74) is 0.562. The number of benzene rings is 2. The summed E-state index contributed by atoms with van der Waals surface area (Å²) in [6, 6.07) is 15.4. The Labute approximate surface area is 161 Å². The number of carbonyl (C=O) groups is 1. The molecule has 0 spiro atoms. The second kappa shape index (κ2) is 10.1. The minimum Gasteiger partial charge on any atom is -0.494 e. The average molecular weight is 391 g/mol. The molecule has 1 atom stereocenters. The first-order valence-electron chi connectivity index (χ1n) is 9.01. The van der Waals surface area contributed by atoms with Crippen LogP contribution in [0.4, 0.5) is 5.69 Å². The van der Waals surface area contributed by atoms with Crippen LogP contribution < -0.4 is 14.8 Å². The maximum atomic E-state index is 12.2. The van der Waals surface area contributed by atoms with E-state index in [9.17, 15) is 13.2 Å². The Morgan fingerprint density at radius 2 is 1.74 bits per heavy atom. The lowest BCUT2D eigenvalue weighted by Gasteiger charge is -2.12. The van der Waals surface area contributed by atoms with Crippen LogP contribution in [-0.4, -0.2) is 27.0 Å². The number of para-hydroxylation sites is 1. The summed E-state index contributed by atoms with van der Waals surface area (Å²) in [5, 5.41) is 2.76. The van der Waals surface area contributed by atoms with Crippen LogP contribution in [0.2, 0.25) is 0 Å². The van der Waals surface area contributed by atoms with Gasteiger partial charge in [0.15, 0.2) is 0 Å². The maximum Gasteiger partial charge on any atom is 0.240 e. The predicted molar refractivity (Wildman–Crippen MR) is 106 cm³/mol. The van der Waals surface area contributed by atoms with Gasteiger partial charge in [-0.1, -0.05) is 25.1 Å². The molecule has 2 aromatic carbocycles. The first kappa shape index (κ1) is 20.9. The molecule has 0 radical (unpaired) electrons. The molecule has 0 unspecified atom stereocenters. The van der Waals surface area contributed by atoms with E-state index in [4.69, 9.17) is 4.74 Å². The van der Waals surface area contributed by atoms with Gasteiger partial charge in [0, 0.05) is 18.2 Å². The molecule has 0 bridgehead atoms. The van der Waals surface area contributed by atoms with Crippen LogP contribution in [0.5, 0.6) is 5.75 Å². The molecule has 1 amide bonds. The SMILES string of the molecule is CC[C@H](C)NS(=O)(=O)c1ccc(NC(=O)CCCOc2ccccc2)cc1. The lowest BCUT2D eigenvalue weighted by atomic mass is 10.2. The Bertz CT molecular complexity index is 821. The van der Waals surface area contributed by atoms with Gasteiger partial charge < -0.3 is 10.1 Å². The summed E-state index contributed by atoms with van der Waals surface area (Å²) in [4.78, 5) is 12.2. The molecule has 0 aliphatic rings.